The number of hydrogen-bond acceptors (Lipinski definition) is 2. The summed E-state index contributed by atoms with van der Waals surface area (Å²) in [5.74, 6) is 0.186. The fourth-order valence-electron chi connectivity index (χ4n) is 2.68. The molecule has 0 radical (unpaired) electrons. The minimum Gasteiger partial charge on any atom is -0.312 e. The van der Waals surface area contributed by atoms with Crippen LogP contribution >= 0.6 is 11.6 Å². The Bertz CT molecular complexity index is 634. The Hall–Kier alpha value is -1.64. The van der Waals surface area contributed by atoms with Crippen LogP contribution in [-0.4, -0.2) is 12.3 Å². The fraction of sp³-hybridized carbons (Fsp3) is 0.235. The summed E-state index contributed by atoms with van der Waals surface area (Å²) in [5.41, 5.74) is 4.34. The smallest absolute Gasteiger partial charge is 0.167 e. The molecule has 1 N–H and O–H groups in total. The summed E-state index contributed by atoms with van der Waals surface area (Å²) < 4.78 is 0. The maximum Gasteiger partial charge on any atom is 0.167 e. The number of benzene rings is 2. The largest absolute Gasteiger partial charge is 0.312 e. The number of nitrogens with one attached hydrogen (secondary N) is 1. The molecule has 1 heterocycles. The molecule has 0 aromatic heterocycles. The van der Waals surface area contributed by atoms with Gasteiger partial charge in [-0.3, -0.25) is 4.79 Å². The third-order valence-corrected chi connectivity index (χ3v) is 3.97. The molecular formula is C17H16ClNO. The van der Waals surface area contributed by atoms with Crippen LogP contribution in [-0.2, 0) is 19.4 Å². The summed E-state index contributed by atoms with van der Waals surface area (Å²) in [6, 6.07) is 13.5. The SMILES string of the molecule is O=C(Cc1ccc(Cl)cc1)c1cccc2c1CCNC2. The van der Waals surface area contributed by atoms with Crippen molar-refractivity contribution in [3.05, 3.63) is 69.7 Å². The van der Waals surface area contributed by atoms with Crippen LogP contribution in [0.1, 0.15) is 27.0 Å². The van der Waals surface area contributed by atoms with Crippen molar-refractivity contribution in [2.75, 3.05) is 6.54 Å². The maximum atomic E-state index is 12.5. The van der Waals surface area contributed by atoms with E-state index in [-0.39, 0.29) is 5.78 Å². The van der Waals surface area contributed by atoms with Crippen molar-refractivity contribution in [2.24, 2.45) is 0 Å². The van der Waals surface area contributed by atoms with Gasteiger partial charge in [0.2, 0.25) is 0 Å². The van der Waals surface area contributed by atoms with Crippen LogP contribution in [0.25, 0.3) is 0 Å². The summed E-state index contributed by atoms with van der Waals surface area (Å²) in [7, 11) is 0. The third-order valence-electron chi connectivity index (χ3n) is 3.72. The molecule has 0 atom stereocenters. The predicted molar refractivity (Wildman–Crippen MR) is 81.3 cm³/mol. The Kier molecular flexibility index (Phi) is 3.86. The van der Waals surface area contributed by atoms with Crippen LogP contribution in [0, 0.1) is 0 Å². The van der Waals surface area contributed by atoms with Crippen molar-refractivity contribution in [3.63, 3.8) is 0 Å². The molecule has 1 aliphatic rings. The van der Waals surface area contributed by atoms with Crippen LogP contribution < -0.4 is 5.32 Å². The van der Waals surface area contributed by atoms with Crippen LogP contribution in [0.2, 0.25) is 5.02 Å². The number of fused-ring (bicyclic) bond motifs is 1. The quantitative estimate of drug-likeness (QED) is 0.876. The van der Waals surface area contributed by atoms with E-state index in [1.165, 1.54) is 11.1 Å². The van der Waals surface area contributed by atoms with Crippen LogP contribution in [0.4, 0.5) is 0 Å². The number of ketones is 1. The molecular weight excluding hydrogens is 270 g/mol. The average Bonchev–Trinajstić information content (AvgIpc) is 2.49. The molecule has 0 saturated heterocycles. The van der Waals surface area contributed by atoms with Crippen molar-refractivity contribution in [2.45, 2.75) is 19.4 Å². The molecule has 3 heteroatoms. The lowest BCUT2D eigenvalue weighted by molar-refractivity contribution is 0.0992. The molecule has 102 valence electrons. The van der Waals surface area contributed by atoms with Gasteiger partial charge in [-0.25, -0.2) is 0 Å². The number of rotatable bonds is 3. The Balaban J connectivity index is 1.85. The topological polar surface area (TPSA) is 29.1 Å². The van der Waals surface area contributed by atoms with E-state index in [1.807, 2.05) is 36.4 Å². The standard InChI is InChI=1S/C17H16ClNO/c18-14-6-4-12(5-7-14)10-17(20)16-3-1-2-13-11-19-9-8-15(13)16/h1-7,19H,8-11H2. The zero-order valence-corrected chi connectivity index (χ0v) is 11.9. The molecule has 0 aliphatic carbocycles. The van der Waals surface area contributed by atoms with E-state index in [0.717, 1.165) is 30.6 Å². The second-order valence-electron chi connectivity index (χ2n) is 5.10. The summed E-state index contributed by atoms with van der Waals surface area (Å²) >= 11 is 5.87. The second-order valence-corrected chi connectivity index (χ2v) is 5.53. The first kappa shape index (κ1) is 13.3. The molecule has 0 saturated carbocycles. The molecule has 1 aliphatic heterocycles. The van der Waals surface area contributed by atoms with Crippen LogP contribution in [0.3, 0.4) is 0 Å². The first-order valence-electron chi connectivity index (χ1n) is 6.83. The van der Waals surface area contributed by atoms with E-state index < -0.39 is 0 Å². The van der Waals surface area contributed by atoms with Gasteiger partial charge in [-0.2, -0.15) is 0 Å². The maximum absolute atomic E-state index is 12.5. The van der Waals surface area contributed by atoms with Crippen molar-refractivity contribution in [3.8, 4) is 0 Å². The van der Waals surface area contributed by atoms with Gasteiger partial charge in [0.1, 0.15) is 0 Å². The fourth-order valence-corrected chi connectivity index (χ4v) is 2.80. The van der Waals surface area contributed by atoms with Gasteiger partial charge in [0.25, 0.3) is 0 Å². The molecule has 2 nitrogen and oxygen atoms in total. The van der Waals surface area contributed by atoms with Gasteiger partial charge in [-0.05, 0) is 41.8 Å². The summed E-state index contributed by atoms with van der Waals surface area (Å²) in [4.78, 5) is 12.5. The van der Waals surface area contributed by atoms with Gasteiger partial charge in [0.05, 0.1) is 0 Å². The number of hydrogen-bond donors (Lipinski definition) is 1. The normalized spacial score (nSPS) is 13.8. The van der Waals surface area contributed by atoms with E-state index >= 15 is 0 Å². The molecule has 2 aromatic rings. The number of halogens is 1. The Morgan fingerprint density at radius 1 is 1.15 bits per heavy atom. The van der Waals surface area contributed by atoms with Crippen molar-refractivity contribution >= 4 is 17.4 Å². The lowest BCUT2D eigenvalue weighted by Gasteiger charge is -2.19. The Morgan fingerprint density at radius 2 is 1.95 bits per heavy atom. The van der Waals surface area contributed by atoms with E-state index in [2.05, 4.69) is 11.4 Å². The Labute approximate surface area is 123 Å². The van der Waals surface area contributed by atoms with Crippen LogP contribution in [0.5, 0.6) is 0 Å². The predicted octanol–water partition coefficient (Wildman–Crippen LogP) is 3.41. The lowest BCUT2D eigenvalue weighted by atomic mass is 9.91. The zero-order chi connectivity index (χ0) is 13.9. The van der Waals surface area contributed by atoms with E-state index in [4.69, 9.17) is 11.6 Å². The monoisotopic (exact) mass is 285 g/mol. The van der Waals surface area contributed by atoms with Crippen molar-refractivity contribution in [1.29, 1.82) is 0 Å². The van der Waals surface area contributed by atoms with Crippen molar-refractivity contribution < 1.29 is 4.79 Å². The average molecular weight is 286 g/mol. The minimum atomic E-state index is 0.186. The first-order valence-corrected chi connectivity index (χ1v) is 7.21. The summed E-state index contributed by atoms with van der Waals surface area (Å²) in [6.45, 7) is 1.80. The van der Waals surface area contributed by atoms with E-state index in [1.54, 1.807) is 0 Å². The molecule has 0 spiro atoms. The van der Waals surface area contributed by atoms with Gasteiger partial charge >= 0.3 is 0 Å². The third kappa shape index (κ3) is 2.77. The molecule has 2 aromatic carbocycles. The minimum absolute atomic E-state index is 0.186. The highest BCUT2D eigenvalue weighted by atomic mass is 35.5. The highest BCUT2D eigenvalue weighted by Crippen LogP contribution is 2.21. The first-order chi connectivity index (χ1) is 9.74. The summed E-state index contributed by atoms with van der Waals surface area (Å²) in [5, 5.41) is 4.04. The highest BCUT2D eigenvalue weighted by molar-refractivity contribution is 6.30. The lowest BCUT2D eigenvalue weighted by Crippen LogP contribution is -2.25. The molecule has 0 fully saturated rings. The van der Waals surface area contributed by atoms with E-state index in [0.29, 0.717) is 11.4 Å². The van der Waals surface area contributed by atoms with Gasteiger partial charge in [0.15, 0.2) is 5.78 Å². The number of carbonyl (C=O) groups excluding carboxylic acids is 1. The van der Waals surface area contributed by atoms with Gasteiger partial charge in [-0.15, -0.1) is 0 Å². The highest BCUT2D eigenvalue weighted by Gasteiger charge is 2.17. The molecule has 0 unspecified atom stereocenters. The van der Waals surface area contributed by atoms with E-state index in [9.17, 15) is 4.79 Å². The second kappa shape index (κ2) is 5.78. The molecule has 3 rings (SSSR count). The summed E-state index contributed by atoms with van der Waals surface area (Å²) in [6.07, 6.45) is 1.36. The zero-order valence-electron chi connectivity index (χ0n) is 11.2. The number of carbonyl (C=O) groups is 1. The Morgan fingerprint density at radius 3 is 2.75 bits per heavy atom. The molecule has 0 amide bonds. The van der Waals surface area contributed by atoms with Crippen LogP contribution in [0.15, 0.2) is 42.5 Å². The molecule has 20 heavy (non-hydrogen) atoms. The van der Waals surface area contributed by atoms with Gasteiger partial charge < -0.3 is 5.32 Å². The van der Waals surface area contributed by atoms with Gasteiger partial charge in [-0.1, -0.05) is 41.9 Å². The molecule has 0 bridgehead atoms. The number of Topliss-reactive ketones (excluding diaryl/α,β-unsaturated/α-hetero) is 1. The van der Waals surface area contributed by atoms with Gasteiger partial charge in [0, 0.05) is 23.6 Å². The van der Waals surface area contributed by atoms with Crippen molar-refractivity contribution in [1.82, 2.24) is 5.32 Å².